The zero-order chi connectivity index (χ0) is 18.3. The molecule has 25 heavy (non-hydrogen) atoms. The van der Waals surface area contributed by atoms with Gasteiger partial charge in [-0.1, -0.05) is 33.1 Å². The van der Waals surface area contributed by atoms with Gasteiger partial charge in [-0.15, -0.1) is 0 Å². The fourth-order valence-electron chi connectivity index (χ4n) is 3.53. The van der Waals surface area contributed by atoms with Crippen molar-refractivity contribution in [2.75, 3.05) is 24.6 Å². The third kappa shape index (κ3) is 7.68. The second-order valence-electron chi connectivity index (χ2n) is 8.90. The van der Waals surface area contributed by atoms with Crippen molar-refractivity contribution in [1.29, 1.82) is 0 Å². The summed E-state index contributed by atoms with van der Waals surface area (Å²) in [5.41, 5.74) is 7.31. The minimum absolute atomic E-state index is 0.201. The van der Waals surface area contributed by atoms with Crippen LogP contribution in [0.2, 0.25) is 0 Å². The summed E-state index contributed by atoms with van der Waals surface area (Å²) in [5.74, 6) is 2.43. The van der Waals surface area contributed by atoms with Crippen LogP contribution in [0.4, 0.5) is 5.69 Å². The summed E-state index contributed by atoms with van der Waals surface area (Å²) in [4.78, 5) is 2.41. The van der Waals surface area contributed by atoms with Crippen molar-refractivity contribution in [3.8, 4) is 5.75 Å². The van der Waals surface area contributed by atoms with E-state index in [1.165, 1.54) is 44.2 Å². The predicted molar refractivity (Wildman–Crippen MR) is 108 cm³/mol. The standard InChI is InChI=1S/C22H38N2O/c1-18(2)14-15-24(17-22(3,4)23)20-10-12-21(13-11-20)25-16-19-8-6-5-7-9-19/h10-13,18-19H,5-9,14-17,23H2,1-4H3. The van der Waals surface area contributed by atoms with Crippen molar-refractivity contribution in [3.05, 3.63) is 24.3 Å². The molecule has 0 aromatic heterocycles. The number of nitrogens with zero attached hydrogens (tertiary/aromatic N) is 1. The molecule has 1 saturated carbocycles. The van der Waals surface area contributed by atoms with E-state index in [-0.39, 0.29) is 5.54 Å². The number of rotatable bonds is 9. The summed E-state index contributed by atoms with van der Waals surface area (Å²) < 4.78 is 6.04. The number of ether oxygens (including phenoxy) is 1. The highest BCUT2D eigenvalue weighted by molar-refractivity contribution is 5.49. The molecule has 0 heterocycles. The van der Waals surface area contributed by atoms with Gasteiger partial charge in [0, 0.05) is 24.3 Å². The highest BCUT2D eigenvalue weighted by Gasteiger charge is 2.18. The van der Waals surface area contributed by atoms with Crippen molar-refractivity contribution in [1.82, 2.24) is 0 Å². The Balaban J connectivity index is 1.93. The van der Waals surface area contributed by atoms with Gasteiger partial charge in [0.15, 0.2) is 0 Å². The van der Waals surface area contributed by atoms with Crippen molar-refractivity contribution in [3.63, 3.8) is 0 Å². The average Bonchev–Trinajstić information content (AvgIpc) is 2.57. The van der Waals surface area contributed by atoms with Crippen molar-refractivity contribution >= 4 is 5.69 Å². The zero-order valence-corrected chi connectivity index (χ0v) is 16.8. The molecule has 1 aromatic rings. The summed E-state index contributed by atoms with van der Waals surface area (Å²) in [5, 5.41) is 0. The Kier molecular flexibility index (Phi) is 7.61. The molecule has 1 aliphatic carbocycles. The van der Waals surface area contributed by atoms with Crippen molar-refractivity contribution in [2.45, 2.75) is 71.8 Å². The molecule has 0 bridgehead atoms. The van der Waals surface area contributed by atoms with Gasteiger partial charge in [0.2, 0.25) is 0 Å². The maximum absolute atomic E-state index is 6.27. The Morgan fingerprint density at radius 2 is 1.76 bits per heavy atom. The van der Waals surface area contributed by atoms with E-state index < -0.39 is 0 Å². The molecule has 0 saturated heterocycles. The van der Waals surface area contributed by atoms with Gasteiger partial charge in [-0.05, 0) is 69.2 Å². The minimum Gasteiger partial charge on any atom is -0.493 e. The average molecular weight is 347 g/mol. The molecular weight excluding hydrogens is 308 g/mol. The third-order valence-corrected chi connectivity index (χ3v) is 4.99. The van der Waals surface area contributed by atoms with E-state index in [2.05, 4.69) is 56.9 Å². The summed E-state index contributed by atoms with van der Waals surface area (Å²) in [6.07, 6.45) is 7.96. The lowest BCUT2D eigenvalue weighted by molar-refractivity contribution is 0.209. The summed E-state index contributed by atoms with van der Waals surface area (Å²) in [6.45, 7) is 11.5. The second kappa shape index (κ2) is 9.47. The maximum Gasteiger partial charge on any atom is 0.119 e. The Morgan fingerprint density at radius 1 is 1.12 bits per heavy atom. The first-order chi connectivity index (χ1) is 11.8. The molecular formula is C22H38N2O. The predicted octanol–water partition coefficient (Wildman–Crippen LogP) is 5.24. The third-order valence-electron chi connectivity index (χ3n) is 4.99. The Bertz CT molecular complexity index is 484. The van der Waals surface area contributed by atoms with Gasteiger partial charge < -0.3 is 15.4 Å². The van der Waals surface area contributed by atoms with Gasteiger partial charge in [0.25, 0.3) is 0 Å². The molecule has 0 spiro atoms. The van der Waals surface area contributed by atoms with Gasteiger partial charge in [-0.3, -0.25) is 0 Å². The fourth-order valence-corrected chi connectivity index (χ4v) is 3.53. The number of anilines is 1. The highest BCUT2D eigenvalue weighted by atomic mass is 16.5. The van der Waals surface area contributed by atoms with Crippen LogP contribution in [0.1, 0.15) is 66.2 Å². The topological polar surface area (TPSA) is 38.5 Å². The Morgan fingerprint density at radius 3 is 2.32 bits per heavy atom. The molecule has 0 aliphatic heterocycles. The molecule has 1 aliphatic rings. The van der Waals surface area contributed by atoms with E-state index in [4.69, 9.17) is 10.5 Å². The molecule has 1 fully saturated rings. The van der Waals surface area contributed by atoms with Gasteiger partial charge in [-0.2, -0.15) is 0 Å². The summed E-state index contributed by atoms with van der Waals surface area (Å²) in [7, 11) is 0. The van der Waals surface area contributed by atoms with E-state index in [9.17, 15) is 0 Å². The van der Waals surface area contributed by atoms with E-state index in [0.29, 0.717) is 5.92 Å². The molecule has 142 valence electrons. The van der Waals surface area contributed by atoms with Crippen LogP contribution in [-0.4, -0.2) is 25.2 Å². The van der Waals surface area contributed by atoms with Crippen LogP contribution in [0.5, 0.6) is 5.75 Å². The Labute approximate surface area is 154 Å². The van der Waals surface area contributed by atoms with Crippen LogP contribution in [-0.2, 0) is 0 Å². The lowest BCUT2D eigenvalue weighted by Crippen LogP contribution is -2.46. The minimum atomic E-state index is -0.201. The van der Waals surface area contributed by atoms with E-state index in [1.807, 2.05) is 0 Å². The zero-order valence-electron chi connectivity index (χ0n) is 16.8. The van der Waals surface area contributed by atoms with Gasteiger partial charge in [0.1, 0.15) is 5.75 Å². The van der Waals surface area contributed by atoms with E-state index >= 15 is 0 Å². The van der Waals surface area contributed by atoms with E-state index in [1.54, 1.807) is 0 Å². The molecule has 2 N–H and O–H groups in total. The molecule has 0 unspecified atom stereocenters. The molecule has 1 aromatic carbocycles. The quantitative estimate of drug-likeness (QED) is 0.665. The number of hydrogen-bond donors (Lipinski definition) is 1. The van der Waals surface area contributed by atoms with Crippen LogP contribution >= 0.6 is 0 Å². The van der Waals surface area contributed by atoms with Crippen LogP contribution in [0.25, 0.3) is 0 Å². The molecule has 0 atom stereocenters. The first-order valence-corrected chi connectivity index (χ1v) is 10.1. The number of benzene rings is 1. The lowest BCUT2D eigenvalue weighted by Gasteiger charge is -2.32. The molecule has 3 heteroatoms. The van der Waals surface area contributed by atoms with Crippen LogP contribution in [0.3, 0.4) is 0 Å². The fraction of sp³-hybridized carbons (Fsp3) is 0.727. The largest absolute Gasteiger partial charge is 0.493 e. The van der Waals surface area contributed by atoms with Crippen LogP contribution in [0, 0.1) is 11.8 Å². The van der Waals surface area contributed by atoms with Crippen LogP contribution in [0.15, 0.2) is 24.3 Å². The monoisotopic (exact) mass is 346 g/mol. The molecule has 2 rings (SSSR count). The Hall–Kier alpha value is -1.22. The summed E-state index contributed by atoms with van der Waals surface area (Å²) >= 11 is 0. The second-order valence-corrected chi connectivity index (χ2v) is 8.90. The van der Waals surface area contributed by atoms with E-state index in [0.717, 1.165) is 31.4 Å². The summed E-state index contributed by atoms with van der Waals surface area (Å²) in [6, 6.07) is 8.60. The van der Waals surface area contributed by atoms with Gasteiger partial charge in [-0.25, -0.2) is 0 Å². The first-order valence-electron chi connectivity index (χ1n) is 10.1. The highest BCUT2D eigenvalue weighted by Crippen LogP contribution is 2.26. The normalized spacial score (nSPS) is 16.2. The smallest absolute Gasteiger partial charge is 0.119 e. The first kappa shape index (κ1) is 20.1. The van der Waals surface area contributed by atoms with Crippen molar-refractivity contribution < 1.29 is 4.74 Å². The molecule has 0 radical (unpaired) electrons. The van der Waals surface area contributed by atoms with Gasteiger partial charge >= 0.3 is 0 Å². The number of hydrogen-bond acceptors (Lipinski definition) is 3. The van der Waals surface area contributed by atoms with Crippen molar-refractivity contribution in [2.24, 2.45) is 17.6 Å². The molecule has 0 amide bonds. The maximum atomic E-state index is 6.27. The van der Waals surface area contributed by atoms with Crippen LogP contribution < -0.4 is 15.4 Å². The lowest BCUT2D eigenvalue weighted by atomic mass is 9.90. The SMILES string of the molecule is CC(C)CCN(CC(C)(C)N)c1ccc(OCC2CCCCC2)cc1. The number of nitrogens with two attached hydrogens (primary N) is 1. The molecule has 3 nitrogen and oxygen atoms in total. The van der Waals surface area contributed by atoms with Gasteiger partial charge in [0.05, 0.1) is 6.61 Å².